The molecule has 0 radical (unpaired) electrons. The van der Waals surface area contributed by atoms with Crippen LogP contribution in [-0.4, -0.2) is 25.0 Å². The number of benzene rings is 2. The van der Waals surface area contributed by atoms with Gasteiger partial charge in [0.1, 0.15) is 0 Å². The van der Waals surface area contributed by atoms with Gasteiger partial charge in [-0.2, -0.15) is 0 Å². The predicted molar refractivity (Wildman–Crippen MR) is 99.9 cm³/mol. The van der Waals surface area contributed by atoms with E-state index < -0.39 is 0 Å². The maximum atomic E-state index is 5.64. The molecule has 0 fully saturated rings. The SMILES string of the molecule is CCON(CC(=C(CC)c1ccccc1)c1ccccc1)OCC. The first kappa shape index (κ1) is 18.4. The van der Waals surface area contributed by atoms with E-state index in [2.05, 4.69) is 55.5 Å². The van der Waals surface area contributed by atoms with Crippen LogP contribution in [-0.2, 0) is 9.68 Å². The van der Waals surface area contributed by atoms with Gasteiger partial charge in [0.2, 0.25) is 0 Å². The van der Waals surface area contributed by atoms with Gasteiger partial charge in [-0.25, -0.2) is 0 Å². The van der Waals surface area contributed by atoms with Crippen molar-refractivity contribution in [2.24, 2.45) is 0 Å². The quantitative estimate of drug-likeness (QED) is 0.466. The molecule has 0 aliphatic rings. The molecule has 0 N–H and O–H groups in total. The molecule has 128 valence electrons. The summed E-state index contributed by atoms with van der Waals surface area (Å²) in [6.45, 7) is 7.87. The van der Waals surface area contributed by atoms with Gasteiger partial charge in [0.25, 0.3) is 0 Å². The Morgan fingerprint density at radius 2 is 1.17 bits per heavy atom. The van der Waals surface area contributed by atoms with Gasteiger partial charge >= 0.3 is 0 Å². The number of hydrogen-bond acceptors (Lipinski definition) is 3. The fraction of sp³-hybridized carbons (Fsp3) is 0.333. The molecule has 0 bridgehead atoms. The summed E-state index contributed by atoms with van der Waals surface area (Å²) in [4.78, 5) is 11.3. The van der Waals surface area contributed by atoms with E-state index in [-0.39, 0.29) is 0 Å². The van der Waals surface area contributed by atoms with Crippen LogP contribution in [0.3, 0.4) is 0 Å². The summed E-state index contributed by atoms with van der Waals surface area (Å²) in [6, 6.07) is 21.0. The van der Waals surface area contributed by atoms with E-state index in [1.165, 1.54) is 22.3 Å². The Balaban J connectivity index is 2.47. The van der Waals surface area contributed by atoms with E-state index >= 15 is 0 Å². The molecule has 0 amide bonds. The van der Waals surface area contributed by atoms with Crippen LogP contribution in [0.15, 0.2) is 60.7 Å². The Morgan fingerprint density at radius 3 is 1.58 bits per heavy atom. The lowest BCUT2D eigenvalue weighted by atomic mass is 9.93. The van der Waals surface area contributed by atoms with E-state index in [9.17, 15) is 0 Å². The number of hydroxylamine groups is 2. The van der Waals surface area contributed by atoms with E-state index in [1.54, 1.807) is 5.23 Å². The highest BCUT2D eigenvalue weighted by molar-refractivity contribution is 5.91. The molecule has 2 aromatic rings. The van der Waals surface area contributed by atoms with Crippen molar-refractivity contribution in [3.05, 3.63) is 71.8 Å². The minimum absolute atomic E-state index is 0.578. The van der Waals surface area contributed by atoms with Gasteiger partial charge in [-0.1, -0.05) is 72.8 Å². The summed E-state index contributed by atoms with van der Waals surface area (Å²) >= 11 is 0. The minimum atomic E-state index is 0.578. The Labute approximate surface area is 145 Å². The first-order valence-electron chi connectivity index (χ1n) is 8.66. The highest BCUT2D eigenvalue weighted by Crippen LogP contribution is 2.29. The highest BCUT2D eigenvalue weighted by Gasteiger charge is 2.15. The van der Waals surface area contributed by atoms with Crippen LogP contribution in [0.1, 0.15) is 38.3 Å². The molecule has 3 heteroatoms. The molecule has 0 aromatic heterocycles. The molecule has 0 aliphatic heterocycles. The molecule has 2 aromatic carbocycles. The van der Waals surface area contributed by atoms with Crippen LogP contribution >= 0.6 is 0 Å². The Bertz CT molecular complexity index is 617. The van der Waals surface area contributed by atoms with E-state index in [4.69, 9.17) is 9.68 Å². The zero-order chi connectivity index (χ0) is 17.2. The molecule has 0 heterocycles. The lowest BCUT2D eigenvalue weighted by molar-refractivity contribution is -0.357. The fourth-order valence-corrected chi connectivity index (χ4v) is 2.78. The molecule has 24 heavy (non-hydrogen) atoms. The van der Waals surface area contributed by atoms with Crippen molar-refractivity contribution in [2.45, 2.75) is 27.2 Å². The smallest absolute Gasteiger partial charge is 0.0776 e. The van der Waals surface area contributed by atoms with Gasteiger partial charge in [-0.15, -0.1) is 0 Å². The summed E-state index contributed by atoms with van der Waals surface area (Å²) in [5.41, 5.74) is 4.98. The van der Waals surface area contributed by atoms with Gasteiger partial charge in [-0.3, -0.25) is 9.68 Å². The monoisotopic (exact) mass is 325 g/mol. The van der Waals surface area contributed by atoms with Crippen molar-refractivity contribution in [3.8, 4) is 0 Å². The van der Waals surface area contributed by atoms with Crippen LogP contribution in [0.5, 0.6) is 0 Å². The Hall–Kier alpha value is -1.94. The summed E-state index contributed by atoms with van der Waals surface area (Å²) in [6.07, 6.45) is 0.945. The van der Waals surface area contributed by atoms with Gasteiger partial charge < -0.3 is 0 Å². The largest absolute Gasteiger partial charge is 0.274 e. The normalized spacial score (nSPS) is 12.3. The standard InChI is InChI=1S/C21H27NO2/c1-4-20(18-13-9-7-10-14-18)21(19-15-11-8-12-16-19)17-22(23-5-2)24-6-3/h7-16H,4-6,17H2,1-3H3. The first-order valence-corrected chi connectivity index (χ1v) is 8.66. The molecular formula is C21H27NO2. The lowest BCUT2D eigenvalue weighted by Crippen LogP contribution is -2.27. The number of rotatable bonds is 9. The second kappa shape index (κ2) is 10.0. The number of hydrogen-bond donors (Lipinski definition) is 0. The summed E-state index contributed by atoms with van der Waals surface area (Å²) in [5, 5.41) is 1.60. The maximum Gasteiger partial charge on any atom is 0.0776 e. The summed E-state index contributed by atoms with van der Waals surface area (Å²) in [7, 11) is 0. The zero-order valence-electron chi connectivity index (χ0n) is 14.9. The third-order valence-corrected chi connectivity index (χ3v) is 3.80. The Kier molecular flexibility index (Phi) is 7.69. The third-order valence-electron chi connectivity index (χ3n) is 3.80. The fourth-order valence-electron chi connectivity index (χ4n) is 2.78. The summed E-state index contributed by atoms with van der Waals surface area (Å²) < 4.78 is 0. The van der Waals surface area contributed by atoms with Crippen molar-refractivity contribution in [2.75, 3.05) is 19.8 Å². The van der Waals surface area contributed by atoms with Crippen LogP contribution in [0, 0.1) is 0 Å². The highest BCUT2D eigenvalue weighted by atomic mass is 16.9. The maximum absolute atomic E-state index is 5.64. The molecule has 0 atom stereocenters. The van der Waals surface area contributed by atoms with Gasteiger partial charge in [0, 0.05) is 0 Å². The van der Waals surface area contributed by atoms with E-state index in [1.807, 2.05) is 26.0 Å². The molecular weight excluding hydrogens is 298 g/mol. The zero-order valence-corrected chi connectivity index (χ0v) is 14.9. The third kappa shape index (κ3) is 5.03. The van der Waals surface area contributed by atoms with Crippen LogP contribution in [0.25, 0.3) is 11.1 Å². The van der Waals surface area contributed by atoms with E-state index in [0.29, 0.717) is 19.8 Å². The summed E-state index contributed by atoms with van der Waals surface area (Å²) in [5.74, 6) is 0. The molecule has 0 aliphatic carbocycles. The van der Waals surface area contributed by atoms with Crippen molar-refractivity contribution in [1.82, 2.24) is 5.23 Å². The average molecular weight is 325 g/mol. The predicted octanol–water partition coefficient (Wildman–Crippen LogP) is 5.21. The van der Waals surface area contributed by atoms with Crippen LogP contribution in [0.2, 0.25) is 0 Å². The molecule has 3 nitrogen and oxygen atoms in total. The van der Waals surface area contributed by atoms with Crippen molar-refractivity contribution in [1.29, 1.82) is 0 Å². The van der Waals surface area contributed by atoms with Gasteiger partial charge in [-0.05, 0) is 42.5 Å². The van der Waals surface area contributed by atoms with Gasteiger partial charge in [0.15, 0.2) is 0 Å². The average Bonchev–Trinajstić information content (AvgIpc) is 2.63. The minimum Gasteiger partial charge on any atom is -0.274 e. The second-order valence-electron chi connectivity index (χ2n) is 5.37. The Morgan fingerprint density at radius 1 is 0.708 bits per heavy atom. The molecule has 0 saturated heterocycles. The topological polar surface area (TPSA) is 21.7 Å². The molecule has 0 spiro atoms. The number of nitrogens with zero attached hydrogens (tertiary/aromatic N) is 1. The second-order valence-corrected chi connectivity index (χ2v) is 5.37. The van der Waals surface area contributed by atoms with Crippen LogP contribution < -0.4 is 0 Å². The molecule has 2 rings (SSSR count). The van der Waals surface area contributed by atoms with Gasteiger partial charge in [0.05, 0.1) is 19.8 Å². The van der Waals surface area contributed by atoms with Crippen molar-refractivity contribution >= 4 is 11.1 Å². The van der Waals surface area contributed by atoms with Crippen molar-refractivity contribution < 1.29 is 9.68 Å². The van der Waals surface area contributed by atoms with E-state index in [0.717, 1.165) is 6.42 Å². The molecule has 0 saturated carbocycles. The van der Waals surface area contributed by atoms with Crippen molar-refractivity contribution in [3.63, 3.8) is 0 Å². The first-order chi connectivity index (χ1) is 11.8. The number of allylic oxidation sites excluding steroid dienone is 1. The van der Waals surface area contributed by atoms with Crippen LogP contribution in [0.4, 0.5) is 0 Å². The lowest BCUT2D eigenvalue weighted by Gasteiger charge is -2.23. The molecule has 0 unspecified atom stereocenters.